The summed E-state index contributed by atoms with van der Waals surface area (Å²) < 4.78 is 24.2. The molecule has 0 heterocycles. The maximum absolute atomic E-state index is 11.7. The van der Waals surface area contributed by atoms with Gasteiger partial charge in [0.15, 0.2) is 0 Å². The molecule has 0 amide bonds. The molecule has 0 aromatic heterocycles. The highest BCUT2D eigenvalue weighted by molar-refractivity contribution is 8.22. The van der Waals surface area contributed by atoms with Gasteiger partial charge in [-0.2, -0.15) is 8.78 Å². The van der Waals surface area contributed by atoms with Crippen LogP contribution in [0.3, 0.4) is 0 Å². The first-order chi connectivity index (χ1) is 7.54. The van der Waals surface area contributed by atoms with Gasteiger partial charge in [0.05, 0.1) is 0 Å². The molecule has 0 N–H and O–H groups in total. The summed E-state index contributed by atoms with van der Waals surface area (Å²) >= 11 is 6.80. The predicted octanol–water partition coefficient (Wildman–Crippen LogP) is 4.30. The van der Waals surface area contributed by atoms with E-state index in [0.717, 1.165) is 41.8 Å². The van der Waals surface area contributed by atoms with E-state index in [1.165, 1.54) is 0 Å². The lowest BCUT2D eigenvalue weighted by atomic mass is 10.1. The zero-order valence-corrected chi connectivity index (χ0v) is 11.5. The quantitative estimate of drug-likeness (QED) is 0.500. The molecule has 0 radical (unpaired) electrons. The average Bonchev–Trinajstić information content (AvgIpc) is 2.21. The maximum atomic E-state index is 11.7. The van der Waals surface area contributed by atoms with Crippen LogP contribution in [0.2, 0.25) is 0 Å². The Morgan fingerprint density at radius 3 is 2.38 bits per heavy atom. The number of allylic oxidation sites excluding steroid dienone is 1. The Morgan fingerprint density at radius 2 is 1.81 bits per heavy atom. The van der Waals surface area contributed by atoms with Gasteiger partial charge in [-0.3, -0.25) is 0 Å². The molecule has 0 saturated heterocycles. The van der Waals surface area contributed by atoms with Crippen LogP contribution in [0.5, 0.6) is 0 Å². The number of halogens is 2. The number of unbranched alkanes of at least 4 members (excludes halogenated alkanes) is 4. The summed E-state index contributed by atoms with van der Waals surface area (Å²) in [7, 11) is 3.88. The Balaban J connectivity index is 3.22. The summed E-state index contributed by atoms with van der Waals surface area (Å²) in [5.41, 5.74) is 0. The van der Waals surface area contributed by atoms with Gasteiger partial charge in [-0.05, 0) is 25.3 Å². The molecule has 0 aromatic carbocycles. The van der Waals surface area contributed by atoms with Crippen molar-refractivity contribution >= 4 is 28.3 Å². The lowest BCUT2D eigenvalue weighted by Crippen LogP contribution is -2.16. The van der Waals surface area contributed by atoms with Crippen molar-refractivity contribution in [3.8, 4) is 0 Å². The molecule has 16 heavy (non-hydrogen) atoms. The first-order valence-corrected chi connectivity index (χ1v) is 6.78. The van der Waals surface area contributed by atoms with Crippen LogP contribution in [0.1, 0.15) is 32.1 Å². The fraction of sp³-hybridized carbons (Fsp3) is 0.727. The normalized spacial score (nSPS) is 10.0. The number of thiocarbonyl (C=S) groups is 1. The number of thioether (sulfide) groups is 1. The zero-order chi connectivity index (χ0) is 12.4. The summed E-state index contributed by atoms with van der Waals surface area (Å²) in [5.74, 6) is 1.02. The van der Waals surface area contributed by atoms with E-state index in [0.29, 0.717) is 6.42 Å². The highest BCUT2D eigenvalue weighted by atomic mass is 32.2. The van der Waals surface area contributed by atoms with Crippen LogP contribution in [-0.2, 0) is 0 Å². The van der Waals surface area contributed by atoms with Crippen LogP contribution in [0, 0.1) is 0 Å². The van der Waals surface area contributed by atoms with E-state index in [-0.39, 0.29) is 0 Å². The average molecular weight is 267 g/mol. The Labute approximate surface area is 106 Å². The van der Waals surface area contributed by atoms with Crippen molar-refractivity contribution < 1.29 is 8.78 Å². The second-order valence-electron chi connectivity index (χ2n) is 3.71. The minimum atomic E-state index is -1.56. The van der Waals surface area contributed by atoms with Gasteiger partial charge in [-0.1, -0.05) is 36.8 Å². The first-order valence-electron chi connectivity index (χ1n) is 5.39. The van der Waals surface area contributed by atoms with Gasteiger partial charge in [0, 0.05) is 19.8 Å². The molecule has 0 saturated carbocycles. The van der Waals surface area contributed by atoms with Crippen molar-refractivity contribution in [2.75, 3.05) is 19.8 Å². The summed E-state index contributed by atoms with van der Waals surface area (Å²) in [6.45, 7) is 0. The van der Waals surface area contributed by atoms with E-state index in [1.807, 2.05) is 19.0 Å². The summed E-state index contributed by atoms with van der Waals surface area (Å²) in [6, 6.07) is 0. The fourth-order valence-corrected chi connectivity index (χ4v) is 2.13. The van der Waals surface area contributed by atoms with Crippen LogP contribution in [-0.4, -0.2) is 29.1 Å². The van der Waals surface area contributed by atoms with Gasteiger partial charge in [0.1, 0.15) is 4.32 Å². The molecule has 0 aliphatic rings. The summed E-state index contributed by atoms with van der Waals surface area (Å²) in [5, 5.41) is 0. The third-order valence-corrected chi connectivity index (χ3v) is 3.81. The van der Waals surface area contributed by atoms with Crippen LogP contribution in [0.4, 0.5) is 8.78 Å². The van der Waals surface area contributed by atoms with E-state index >= 15 is 0 Å². The lowest BCUT2D eigenvalue weighted by Gasteiger charge is -2.12. The standard InChI is InChI=1S/C11H19F2NS2/c1-14(2)11(15)16-9-7-5-3-4-6-8-10(12)13/h8H,3-7,9H2,1-2H3. The third-order valence-electron chi connectivity index (χ3n) is 1.99. The number of rotatable bonds is 7. The maximum Gasteiger partial charge on any atom is 0.266 e. The van der Waals surface area contributed by atoms with Crippen LogP contribution < -0.4 is 0 Å². The number of nitrogens with zero attached hydrogens (tertiary/aromatic N) is 1. The Bertz CT molecular complexity index is 226. The topological polar surface area (TPSA) is 3.24 Å². The molecule has 1 nitrogen and oxygen atoms in total. The molecule has 0 aromatic rings. The first kappa shape index (κ1) is 15.8. The Morgan fingerprint density at radius 1 is 1.19 bits per heavy atom. The van der Waals surface area contributed by atoms with Gasteiger partial charge >= 0.3 is 0 Å². The molecular weight excluding hydrogens is 248 g/mol. The van der Waals surface area contributed by atoms with Crippen molar-refractivity contribution in [1.82, 2.24) is 4.90 Å². The van der Waals surface area contributed by atoms with E-state index in [9.17, 15) is 8.78 Å². The molecule has 0 spiro atoms. The molecule has 0 rings (SSSR count). The van der Waals surface area contributed by atoms with Gasteiger partial charge < -0.3 is 4.90 Å². The monoisotopic (exact) mass is 267 g/mol. The highest BCUT2D eigenvalue weighted by Gasteiger charge is 1.98. The van der Waals surface area contributed by atoms with E-state index in [1.54, 1.807) is 11.8 Å². The SMILES string of the molecule is CN(C)C(=S)SCCCCCCC=C(F)F. The largest absolute Gasteiger partial charge is 0.364 e. The van der Waals surface area contributed by atoms with Gasteiger partial charge in [-0.25, -0.2) is 0 Å². The fourth-order valence-electron chi connectivity index (χ4n) is 1.10. The van der Waals surface area contributed by atoms with Gasteiger partial charge in [-0.15, -0.1) is 0 Å². The zero-order valence-electron chi connectivity index (χ0n) is 9.84. The molecule has 94 valence electrons. The minimum Gasteiger partial charge on any atom is -0.364 e. The van der Waals surface area contributed by atoms with Crippen molar-refractivity contribution in [3.05, 3.63) is 12.2 Å². The van der Waals surface area contributed by atoms with Crippen LogP contribution in [0.15, 0.2) is 12.2 Å². The molecule has 0 fully saturated rings. The van der Waals surface area contributed by atoms with Crippen molar-refractivity contribution in [2.45, 2.75) is 32.1 Å². The van der Waals surface area contributed by atoms with Gasteiger partial charge in [0.2, 0.25) is 0 Å². The Kier molecular flexibility index (Phi) is 9.92. The predicted molar refractivity (Wildman–Crippen MR) is 72.1 cm³/mol. The highest BCUT2D eigenvalue weighted by Crippen LogP contribution is 2.12. The molecule has 5 heteroatoms. The second-order valence-corrected chi connectivity index (χ2v) is 5.43. The Hall–Kier alpha value is -0.160. The van der Waals surface area contributed by atoms with Crippen LogP contribution in [0.25, 0.3) is 0 Å². The molecule has 0 bridgehead atoms. The molecule has 0 aliphatic carbocycles. The molecule has 0 aliphatic heterocycles. The van der Waals surface area contributed by atoms with Crippen molar-refractivity contribution in [3.63, 3.8) is 0 Å². The van der Waals surface area contributed by atoms with Crippen molar-refractivity contribution in [1.29, 1.82) is 0 Å². The van der Waals surface area contributed by atoms with E-state index in [2.05, 4.69) is 0 Å². The summed E-state index contributed by atoms with van der Waals surface area (Å²) in [6.07, 6.45) is 3.97. The number of hydrogen-bond acceptors (Lipinski definition) is 2. The third kappa shape index (κ3) is 10.4. The summed E-state index contributed by atoms with van der Waals surface area (Å²) in [4.78, 5) is 1.93. The number of hydrogen-bond donors (Lipinski definition) is 0. The van der Waals surface area contributed by atoms with E-state index < -0.39 is 6.08 Å². The molecule has 0 atom stereocenters. The molecular formula is C11H19F2NS2. The van der Waals surface area contributed by atoms with Crippen molar-refractivity contribution in [2.24, 2.45) is 0 Å². The second kappa shape index (κ2) is 10.0. The van der Waals surface area contributed by atoms with E-state index in [4.69, 9.17) is 12.2 Å². The van der Waals surface area contributed by atoms with Gasteiger partial charge in [0.25, 0.3) is 6.08 Å². The molecule has 0 unspecified atom stereocenters. The smallest absolute Gasteiger partial charge is 0.266 e. The van der Waals surface area contributed by atoms with Crippen LogP contribution >= 0.6 is 24.0 Å². The lowest BCUT2D eigenvalue weighted by molar-refractivity contribution is 0.416. The minimum absolute atomic E-state index is 0.492.